The molecule has 2 unspecified atom stereocenters. The average Bonchev–Trinajstić information content (AvgIpc) is 2.15. The number of nitrogens with two attached hydrogens (primary N) is 1. The Morgan fingerprint density at radius 2 is 1.88 bits per heavy atom. The van der Waals surface area contributed by atoms with Crippen LogP contribution in [0.1, 0.15) is 31.2 Å². The molecule has 2 rings (SSSR count). The van der Waals surface area contributed by atoms with E-state index in [-0.39, 0.29) is 6.04 Å². The molecule has 0 saturated heterocycles. The molecule has 16 heavy (non-hydrogen) atoms. The Bertz CT molecular complexity index is 376. The van der Waals surface area contributed by atoms with Crippen molar-refractivity contribution in [3.8, 4) is 0 Å². The van der Waals surface area contributed by atoms with Crippen molar-refractivity contribution in [1.29, 1.82) is 0 Å². The van der Waals surface area contributed by atoms with Gasteiger partial charge in [0.2, 0.25) is 0 Å². The van der Waals surface area contributed by atoms with Crippen LogP contribution in [0.5, 0.6) is 0 Å². The van der Waals surface area contributed by atoms with Crippen molar-refractivity contribution in [2.45, 2.75) is 37.3 Å². The number of halogens is 2. The minimum absolute atomic E-state index is 0.106. The second-order valence-corrected chi connectivity index (χ2v) is 4.55. The van der Waals surface area contributed by atoms with Crippen LogP contribution >= 0.6 is 0 Å². The van der Waals surface area contributed by atoms with E-state index in [4.69, 9.17) is 5.73 Å². The van der Waals surface area contributed by atoms with Crippen molar-refractivity contribution < 1.29 is 13.9 Å². The molecule has 3 N–H and O–H groups in total. The zero-order valence-electron chi connectivity index (χ0n) is 8.92. The van der Waals surface area contributed by atoms with Crippen LogP contribution in [-0.4, -0.2) is 11.1 Å². The quantitative estimate of drug-likeness (QED) is 0.771. The highest BCUT2D eigenvalue weighted by molar-refractivity contribution is 5.25. The van der Waals surface area contributed by atoms with Crippen LogP contribution in [0, 0.1) is 11.6 Å². The van der Waals surface area contributed by atoms with Crippen molar-refractivity contribution in [3.63, 3.8) is 0 Å². The molecule has 88 valence electrons. The van der Waals surface area contributed by atoms with E-state index in [1.54, 1.807) is 0 Å². The van der Waals surface area contributed by atoms with E-state index in [9.17, 15) is 13.9 Å². The molecule has 1 aliphatic carbocycles. The molecule has 0 heterocycles. The van der Waals surface area contributed by atoms with Gasteiger partial charge in [-0.15, -0.1) is 0 Å². The molecule has 0 aliphatic heterocycles. The molecular formula is C12H15F2NO. The minimum Gasteiger partial charge on any atom is -0.385 e. The molecule has 0 radical (unpaired) electrons. The highest BCUT2D eigenvalue weighted by Gasteiger charge is 2.35. The second kappa shape index (κ2) is 4.11. The summed E-state index contributed by atoms with van der Waals surface area (Å²) in [6, 6.07) is 3.06. The van der Waals surface area contributed by atoms with Crippen LogP contribution in [0.25, 0.3) is 0 Å². The lowest BCUT2D eigenvalue weighted by molar-refractivity contribution is -0.00768. The van der Waals surface area contributed by atoms with E-state index >= 15 is 0 Å². The lowest BCUT2D eigenvalue weighted by Crippen LogP contribution is -2.39. The van der Waals surface area contributed by atoms with E-state index in [2.05, 4.69) is 0 Å². The van der Waals surface area contributed by atoms with E-state index in [0.29, 0.717) is 18.4 Å². The normalized spacial score (nSPS) is 30.4. The van der Waals surface area contributed by atoms with Gasteiger partial charge in [-0.3, -0.25) is 0 Å². The summed E-state index contributed by atoms with van der Waals surface area (Å²) in [6.07, 6.45) is 2.48. The third-order valence-corrected chi connectivity index (χ3v) is 3.17. The van der Waals surface area contributed by atoms with Crippen LogP contribution < -0.4 is 5.73 Å². The van der Waals surface area contributed by atoms with Crippen molar-refractivity contribution >= 4 is 0 Å². The third-order valence-electron chi connectivity index (χ3n) is 3.17. The fraction of sp³-hybridized carbons (Fsp3) is 0.500. The molecule has 1 saturated carbocycles. The Balaban J connectivity index is 2.34. The van der Waals surface area contributed by atoms with E-state index in [0.717, 1.165) is 18.9 Å². The summed E-state index contributed by atoms with van der Waals surface area (Å²) in [5.41, 5.74) is 4.89. The van der Waals surface area contributed by atoms with Gasteiger partial charge in [0, 0.05) is 12.1 Å². The maximum absolute atomic E-state index is 13.1. The van der Waals surface area contributed by atoms with Crippen LogP contribution in [0.4, 0.5) is 8.78 Å². The first kappa shape index (κ1) is 11.5. The van der Waals surface area contributed by atoms with Crippen molar-refractivity contribution in [2.24, 2.45) is 5.73 Å². The SMILES string of the molecule is NC1CCCC(O)(c2cc(F)cc(F)c2)C1. The molecule has 4 heteroatoms. The molecule has 1 aromatic rings. The Morgan fingerprint density at radius 3 is 2.44 bits per heavy atom. The Labute approximate surface area is 93.1 Å². The summed E-state index contributed by atoms with van der Waals surface area (Å²) in [6.45, 7) is 0. The molecule has 1 fully saturated rings. The van der Waals surface area contributed by atoms with Gasteiger partial charge in [-0.1, -0.05) is 0 Å². The molecule has 2 nitrogen and oxygen atoms in total. The number of hydrogen-bond donors (Lipinski definition) is 2. The van der Waals surface area contributed by atoms with Crippen LogP contribution in [-0.2, 0) is 5.60 Å². The Kier molecular flexibility index (Phi) is 2.95. The maximum atomic E-state index is 13.1. The molecule has 0 aromatic heterocycles. The topological polar surface area (TPSA) is 46.2 Å². The largest absolute Gasteiger partial charge is 0.385 e. The first-order valence-electron chi connectivity index (χ1n) is 5.44. The van der Waals surface area contributed by atoms with Crippen LogP contribution in [0.2, 0.25) is 0 Å². The average molecular weight is 227 g/mol. The van der Waals surface area contributed by atoms with E-state index < -0.39 is 17.2 Å². The summed E-state index contributed by atoms with van der Waals surface area (Å²) >= 11 is 0. The van der Waals surface area contributed by atoms with Gasteiger partial charge in [0.25, 0.3) is 0 Å². The van der Waals surface area contributed by atoms with Gasteiger partial charge < -0.3 is 10.8 Å². The predicted molar refractivity (Wildman–Crippen MR) is 56.7 cm³/mol. The third kappa shape index (κ3) is 2.23. The van der Waals surface area contributed by atoms with Gasteiger partial charge in [-0.05, 0) is 43.4 Å². The number of benzene rings is 1. The highest BCUT2D eigenvalue weighted by Crippen LogP contribution is 2.36. The van der Waals surface area contributed by atoms with Gasteiger partial charge in [-0.2, -0.15) is 0 Å². The summed E-state index contributed by atoms with van der Waals surface area (Å²) in [5, 5.41) is 10.3. The van der Waals surface area contributed by atoms with E-state index in [1.807, 2.05) is 0 Å². The Hall–Kier alpha value is -1.00. The molecular weight excluding hydrogens is 212 g/mol. The van der Waals surface area contributed by atoms with Gasteiger partial charge >= 0.3 is 0 Å². The van der Waals surface area contributed by atoms with Crippen molar-refractivity contribution in [3.05, 3.63) is 35.4 Å². The maximum Gasteiger partial charge on any atom is 0.126 e. The van der Waals surface area contributed by atoms with Crippen LogP contribution in [0.3, 0.4) is 0 Å². The zero-order chi connectivity index (χ0) is 11.8. The lowest BCUT2D eigenvalue weighted by atomic mass is 9.77. The highest BCUT2D eigenvalue weighted by atomic mass is 19.1. The van der Waals surface area contributed by atoms with Gasteiger partial charge in [-0.25, -0.2) is 8.78 Å². The molecule has 1 aliphatic rings. The summed E-state index contributed by atoms with van der Waals surface area (Å²) in [5.74, 6) is -1.33. The summed E-state index contributed by atoms with van der Waals surface area (Å²) in [4.78, 5) is 0. The molecule has 2 atom stereocenters. The first-order chi connectivity index (χ1) is 7.49. The number of aliphatic hydroxyl groups is 1. The van der Waals surface area contributed by atoms with E-state index in [1.165, 1.54) is 12.1 Å². The number of rotatable bonds is 1. The summed E-state index contributed by atoms with van der Waals surface area (Å²) < 4.78 is 26.1. The summed E-state index contributed by atoms with van der Waals surface area (Å²) in [7, 11) is 0. The monoisotopic (exact) mass is 227 g/mol. The van der Waals surface area contributed by atoms with Crippen molar-refractivity contribution in [2.75, 3.05) is 0 Å². The van der Waals surface area contributed by atoms with Gasteiger partial charge in [0.15, 0.2) is 0 Å². The molecule has 0 amide bonds. The Morgan fingerprint density at radius 1 is 1.25 bits per heavy atom. The van der Waals surface area contributed by atoms with Gasteiger partial charge in [0.05, 0.1) is 5.60 Å². The fourth-order valence-electron chi connectivity index (χ4n) is 2.38. The molecule has 0 spiro atoms. The molecule has 1 aromatic carbocycles. The first-order valence-corrected chi connectivity index (χ1v) is 5.44. The van der Waals surface area contributed by atoms with Crippen LogP contribution in [0.15, 0.2) is 18.2 Å². The van der Waals surface area contributed by atoms with Gasteiger partial charge in [0.1, 0.15) is 11.6 Å². The smallest absolute Gasteiger partial charge is 0.126 e. The predicted octanol–water partition coefficient (Wildman–Crippen LogP) is 2.05. The zero-order valence-corrected chi connectivity index (χ0v) is 8.92. The standard InChI is InChI=1S/C12H15F2NO/c13-9-4-8(5-10(14)6-9)12(16)3-1-2-11(15)7-12/h4-6,11,16H,1-3,7,15H2. The molecule has 0 bridgehead atoms. The lowest BCUT2D eigenvalue weighted by Gasteiger charge is -2.35. The minimum atomic E-state index is -1.18. The second-order valence-electron chi connectivity index (χ2n) is 4.55. The van der Waals surface area contributed by atoms with Crippen molar-refractivity contribution in [1.82, 2.24) is 0 Å². The fourth-order valence-corrected chi connectivity index (χ4v) is 2.38. The number of hydrogen-bond acceptors (Lipinski definition) is 2.